The number of hydrogen-bond donors (Lipinski definition) is 0. The van der Waals surface area contributed by atoms with E-state index < -0.39 is 0 Å². The molecule has 10 heavy (non-hydrogen) atoms. The second kappa shape index (κ2) is 3.52. The predicted molar refractivity (Wildman–Crippen MR) is 46.9 cm³/mol. The molecule has 0 nitrogen and oxygen atoms in total. The van der Waals surface area contributed by atoms with Crippen LogP contribution in [0.3, 0.4) is 0 Å². The van der Waals surface area contributed by atoms with Crippen molar-refractivity contribution in [2.24, 2.45) is 0 Å². The molecule has 0 amide bonds. The van der Waals surface area contributed by atoms with Gasteiger partial charge in [-0.3, -0.25) is 0 Å². The van der Waals surface area contributed by atoms with Crippen molar-refractivity contribution in [3.05, 3.63) is 27.2 Å². The molecule has 3 radical (unpaired) electrons. The van der Waals surface area contributed by atoms with E-state index in [1.165, 1.54) is 22.5 Å². The van der Waals surface area contributed by atoms with Crippen LogP contribution in [0.4, 0.5) is 0 Å². The summed E-state index contributed by atoms with van der Waals surface area (Å²) in [5.74, 6) is 0. The summed E-state index contributed by atoms with van der Waals surface area (Å²) >= 11 is 18.4. The van der Waals surface area contributed by atoms with Gasteiger partial charge in [0.15, 0.2) is 0 Å². The Balaban J connectivity index is 3.34. The molecule has 0 fully saturated rings. The Hall–Kier alpha value is 0.889. The normalized spacial score (nSPS) is 10.0. The quantitative estimate of drug-likeness (QED) is 0.510. The van der Waals surface area contributed by atoms with Gasteiger partial charge in [0.25, 0.3) is 0 Å². The molecule has 0 unspecified atom stereocenters. The van der Waals surface area contributed by atoms with E-state index in [9.17, 15) is 0 Å². The molecule has 51 valence electrons. The first-order chi connectivity index (χ1) is 4.63. The molecule has 0 aliphatic heterocycles. The van der Waals surface area contributed by atoms with E-state index in [4.69, 9.17) is 34.8 Å². The van der Waals surface area contributed by atoms with Crippen molar-refractivity contribution in [3.63, 3.8) is 0 Å². The van der Waals surface area contributed by atoms with Gasteiger partial charge in [-0.1, -0.05) is 0 Å². The first-order valence-electron chi connectivity index (χ1n) is 2.48. The van der Waals surface area contributed by atoms with E-state index in [1.54, 1.807) is 6.07 Å². The summed E-state index contributed by atoms with van der Waals surface area (Å²) in [5, 5.41) is 1.54. The van der Waals surface area contributed by atoms with Gasteiger partial charge in [-0.2, -0.15) is 0 Å². The maximum atomic E-state index is 5.79. The SMILES string of the molecule is Clc1cc[c]([Sn])c(Cl)c1Cl. The molecule has 0 N–H and O–H groups in total. The third-order valence-corrected chi connectivity index (χ3v) is 3.97. The van der Waals surface area contributed by atoms with Crippen LogP contribution >= 0.6 is 34.8 Å². The minimum absolute atomic E-state index is 0.456. The van der Waals surface area contributed by atoms with Crippen molar-refractivity contribution in [2.45, 2.75) is 0 Å². The van der Waals surface area contributed by atoms with Crippen molar-refractivity contribution in [3.8, 4) is 0 Å². The zero-order valence-electron chi connectivity index (χ0n) is 4.79. The molecule has 0 spiro atoms. The molecule has 0 aliphatic rings. The van der Waals surface area contributed by atoms with Gasteiger partial charge < -0.3 is 0 Å². The summed E-state index contributed by atoms with van der Waals surface area (Å²) in [7, 11) is 0. The van der Waals surface area contributed by atoms with Crippen LogP contribution in [0, 0.1) is 0 Å². The van der Waals surface area contributed by atoms with Crippen LogP contribution in [-0.4, -0.2) is 22.5 Å². The first kappa shape index (κ1) is 8.98. The molecule has 0 saturated heterocycles. The first-order valence-corrected chi connectivity index (χ1v) is 5.04. The van der Waals surface area contributed by atoms with E-state index in [-0.39, 0.29) is 0 Å². The number of benzene rings is 1. The molecule has 0 heterocycles. The van der Waals surface area contributed by atoms with Crippen molar-refractivity contribution < 1.29 is 0 Å². The fraction of sp³-hybridized carbons (Fsp3) is 0. The monoisotopic (exact) mass is 299 g/mol. The average Bonchev–Trinajstić information content (AvgIpc) is 1.93. The van der Waals surface area contributed by atoms with Crippen molar-refractivity contribution in [1.29, 1.82) is 0 Å². The Kier molecular flexibility index (Phi) is 3.17. The van der Waals surface area contributed by atoms with Crippen LogP contribution in [0.15, 0.2) is 12.1 Å². The molecular weight excluding hydrogens is 297 g/mol. The molecule has 1 aromatic rings. The van der Waals surface area contributed by atoms with Gasteiger partial charge in [-0.05, 0) is 0 Å². The van der Waals surface area contributed by atoms with E-state index in [1.807, 2.05) is 6.07 Å². The van der Waals surface area contributed by atoms with Gasteiger partial charge >= 0.3 is 88.1 Å². The number of hydrogen-bond acceptors (Lipinski definition) is 0. The molecule has 1 rings (SSSR count). The molecule has 0 atom stereocenters. The molecule has 1 aromatic carbocycles. The zero-order chi connectivity index (χ0) is 7.72. The summed E-state index contributed by atoms with van der Waals surface area (Å²) < 4.78 is 1.03. The van der Waals surface area contributed by atoms with Crippen LogP contribution in [0.5, 0.6) is 0 Å². The second-order valence-corrected chi connectivity index (χ2v) is 4.42. The molecule has 0 aromatic heterocycles. The summed E-state index contributed by atoms with van der Waals surface area (Å²) in [4.78, 5) is 0. The Labute approximate surface area is 87.6 Å². The van der Waals surface area contributed by atoms with E-state index in [0.717, 1.165) is 3.58 Å². The van der Waals surface area contributed by atoms with Crippen LogP contribution in [-0.2, 0) is 0 Å². The van der Waals surface area contributed by atoms with Crippen LogP contribution in [0.2, 0.25) is 15.1 Å². The predicted octanol–water partition coefficient (Wildman–Crippen LogP) is 2.44. The van der Waals surface area contributed by atoms with Crippen molar-refractivity contribution >= 4 is 60.9 Å². The fourth-order valence-corrected chi connectivity index (χ4v) is 1.88. The van der Waals surface area contributed by atoms with Gasteiger partial charge in [0.05, 0.1) is 0 Å². The standard InChI is InChI=1S/C6H2Cl3.Sn/c7-4-2-1-3-5(8)6(4)9;/h1-2H;. The Morgan fingerprint density at radius 3 is 2.10 bits per heavy atom. The summed E-state index contributed by atoms with van der Waals surface area (Å²) in [5.41, 5.74) is 0. The Morgan fingerprint density at radius 2 is 1.60 bits per heavy atom. The molecular formula is C6H2Cl3Sn. The van der Waals surface area contributed by atoms with Crippen LogP contribution in [0.25, 0.3) is 0 Å². The van der Waals surface area contributed by atoms with Crippen LogP contribution in [0.1, 0.15) is 0 Å². The third-order valence-electron chi connectivity index (χ3n) is 1.04. The number of halogens is 3. The van der Waals surface area contributed by atoms with E-state index in [2.05, 4.69) is 0 Å². The molecule has 4 heteroatoms. The Morgan fingerprint density at radius 1 is 1.00 bits per heavy atom. The minimum atomic E-state index is 0.456. The Bertz CT molecular complexity index is 232. The van der Waals surface area contributed by atoms with Gasteiger partial charge in [0.2, 0.25) is 0 Å². The topological polar surface area (TPSA) is 0 Å². The van der Waals surface area contributed by atoms with Crippen molar-refractivity contribution in [2.75, 3.05) is 0 Å². The number of rotatable bonds is 0. The summed E-state index contributed by atoms with van der Waals surface area (Å²) in [6.07, 6.45) is 0. The molecule has 0 bridgehead atoms. The van der Waals surface area contributed by atoms with Gasteiger partial charge in [0.1, 0.15) is 0 Å². The van der Waals surface area contributed by atoms with Gasteiger partial charge in [-0.25, -0.2) is 0 Å². The molecule has 0 aliphatic carbocycles. The van der Waals surface area contributed by atoms with Gasteiger partial charge in [-0.15, -0.1) is 0 Å². The van der Waals surface area contributed by atoms with E-state index >= 15 is 0 Å². The molecule has 0 saturated carbocycles. The summed E-state index contributed by atoms with van der Waals surface area (Å²) in [6, 6.07) is 3.62. The van der Waals surface area contributed by atoms with Crippen molar-refractivity contribution in [1.82, 2.24) is 0 Å². The van der Waals surface area contributed by atoms with Gasteiger partial charge in [0, 0.05) is 0 Å². The fourth-order valence-electron chi connectivity index (χ4n) is 0.526. The zero-order valence-corrected chi connectivity index (χ0v) is 9.91. The van der Waals surface area contributed by atoms with Crippen LogP contribution < -0.4 is 3.58 Å². The summed E-state index contributed by atoms with van der Waals surface area (Å²) in [6.45, 7) is 0. The average molecular weight is 299 g/mol. The third kappa shape index (κ3) is 1.73. The maximum absolute atomic E-state index is 5.79. The second-order valence-electron chi connectivity index (χ2n) is 1.72. The van der Waals surface area contributed by atoms with E-state index in [0.29, 0.717) is 15.1 Å².